The zero-order valence-electron chi connectivity index (χ0n) is 13.7. The molecule has 0 aliphatic carbocycles. The van der Waals surface area contributed by atoms with Crippen LogP contribution in [-0.2, 0) is 9.53 Å². The van der Waals surface area contributed by atoms with E-state index in [2.05, 4.69) is 4.74 Å². The summed E-state index contributed by atoms with van der Waals surface area (Å²) in [6, 6.07) is 11.9. The molecule has 0 fully saturated rings. The Morgan fingerprint density at radius 3 is 2.25 bits per heavy atom. The van der Waals surface area contributed by atoms with Crippen LogP contribution in [0.1, 0.15) is 27.0 Å². The lowest BCUT2D eigenvalue weighted by Crippen LogP contribution is -2.03. The van der Waals surface area contributed by atoms with E-state index in [0.29, 0.717) is 22.4 Å². The molecule has 0 bridgehead atoms. The molecular formula is C19H18O5. The highest BCUT2D eigenvalue weighted by Crippen LogP contribution is 2.29. The molecule has 1 N–H and O–H groups in total. The van der Waals surface area contributed by atoms with E-state index in [1.165, 1.54) is 14.2 Å². The van der Waals surface area contributed by atoms with E-state index in [-0.39, 0.29) is 5.57 Å². The third-order valence-corrected chi connectivity index (χ3v) is 3.52. The maximum Gasteiger partial charge on any atom is 0.337 e. The zero-order chi connectivity index (χ0) is 17.7. The van der Waals surface area contributed by atoms with Gasteiger partial charge in [-0.25, -0.2) is 9.59 Å². The fraction of sp³-hybridized carbons (Fsp3) is 0.158. The Morgan fingerprint density at radius 2 is 1.71 bits per heavy atom. The summed E-state index contributed by atoms with van der Waals surface area (Å²) in [5.74, 6) is -1.01. The van der Waals surface area contributed by atoms with Crippen LogP contribution in [0, 0.1) is 6.92 Å². The van der Waals surface area contributed by atoms with Gasteiger partial charge in [-0.2, -0.15) is 0 Å². The Bertz CT molecular complexity index is 788. The van der Waals surface area contributed by atoms with Crippen molar-refractivity contribution in [3.8, 4) is 5.75 Å². The molecule has 0 aromatic heterocycles. The predicted octanol–water partition coefficient (Wildman–Crippen LogP) is 3.42. The van der Waals surface area contributed by atoms with Crippen molar-refractivity contribution in [2.75, 3.05) is 14.2 Å². The van der Waals surface area contributed by atoms with E-state index in [1.54, 1.807) is 42.5 Å². The molecule has 0 aliphatic heterocycles. The van der Waals surface area contributed by atoms with Crippen molar-refractivity contribution in [2.24, 2.45) is 0 Å². The Kier molecular flexibility index (Phi) is 5.37. The smallest absolute Gasteiger partial charge is 0.337 e. The van der Waals surface area contributed by atoms with Gasteiger partial charge in [0.05, 0.1) is 25.4 Å². The minimum Gasteiger partial charge on any atom is -0.496 e. The second-order valence-corrected chi connectivity index (χ2v) is 5.18. The first-order valence-electron chi connectivity index (χ1n) is 7.24. The van der Waals surface area contributed by atoms with Crippen molar-refractivity contribution in [1.82, 2.24) is 0 Å². The molecule has 2 aromatic carbocycles. The van der Waals surface area contributed by atoms with E-state index >= 15 is 0 Å². The van der Waals surface area contributed by atoms with Crippen molar-refractivity contribution in [3.05, 3.63) is 64.7 Å². The molecule has 124 valence electrons. The molecule has 0 heterocycles. The maximum absolute atomic E-state index is 11.7. The van der Waals surface area contributed by atoms with Crippen molar-refractivity contribution in [1.29, 1.82) is 0 Å². The van der Waals surface area contributed by atoms with Crippen molar-refractivity contribution < 1.29 is 24.2 Å². The first kappa shape index (κ1) is 17.3. The highest BCUT2D eigenvalue weighted by molar-refractivity contribution is 6.21. The number of aryl methyl sites for hydroxylation is 1. The number of benzene rings is 2. The van der Waals surface area contributed by atoms with Crippen LogP contribution in [0.25, 0.3) is 11.6 Å². The van der Waals surface area contributed by atoms with E-state index in [4.69, 9.17) is 4.74 Å². The molecule has 0 unspecified atom stereocenters. The number of esters is 1. The summed E-state index contributed by atoms with van der Waals surface area (Å²) in [5, 5.41) is 9.58. The highest BCUT2D eigenvalue weighted by Gasteiger charge is 2.16. The lowest BCUT2D eigenvalue weighted by atomic mass is 9.99. The molecule has 2 rings (SSSR count). The van der Waals surface area contributed by atoms with Crippen LogP contribution in [0.5, 0.6) is 5.75 Å². The van der Waals surface area contributed by atoms with Gasteiger partial charge in [0.25, 0.3) is 0 Å². The monoisotopic (exact) mass is 326 g/mol. The average molecular weight is 326 g/mol. The molecule has 0 spiro atoms. The van der Waals surface area contributed by atoms with Gasteiger partial charge >= 0.3 is 11.9 Å². The van der Waals surface area contributed by atoms with E-state index < -0.39 is 11.9 Å². The molecule has 0 amide bonds. The van der Waals surface area contributed by atoms with Crippen LogP contribution in [0.2, 0.25) is 0 Å². The molecule has 24 heavy (non-hydrogen) atoms. The number of aliphatic carboxylic acids is 1. The molecule has 0 saturated heterocycles. The molecule has 0 aliphatic rings. The van der Waals surface area contributed by atoms with Gasteiger partial charge in [0.2, 0.25) is 0 Å². The van der Waals surface area contributed by atoms with Crippen LogP contribution in [-0.4, -0.2) is 31.3 Å². The van der Waals surface area contributed by atoms with Gasteiger partial charge in [-0.15, -0.1) is 0 Å². The van der Waals surface area contributed by atoms with Gasteiger partial charge in [-0.3, -0.25) is 0 Å². The van der Waals surface area contributed by atoms with Crippen molar-refractivity contribution in [2.45, 2.75) is 6.92 Å². The number of carbonyl (C=O) groups excluding carboxylic acids is 1. The highest BCUT2D eigenvalue weighted by atomic mass is 16.5. The van der Waals surface area contributed by atoms with Crippen molar-refractivity contribution in [3.63, 3.8) is 0 Å². The van der Waals surface area contributed by atoms with Crippen LogP contribution in [0.4, 0.5) is 0 Å². The SMILES string of the molecule is COC(=O)c1ccc(/C=C(\C(=O)O)c2cc(C)ccc2OC)cc1. The zero-order valence-corrected chi connectivity index (χ0v) is 13.7. The molecule has 0 radical (unpaired) electrons. The second kappa shape index (κ2) is 7.46. The average Bonchev–Trinajstić information content (AvgIpc) is 2.59. The van der Waals surface area contributed by atoms with Gasteiger partial charge in [0.1, 0.15) is 5.75 Å². The standard InChI is InChI=1S/C19H18O5/c1-12-4-9-17(23-2)15(10-12)16(18(20)21)11-13-5-7-14(8-6-13)19(22)24-3/h4-11H,1-3H3,(H,20,21)/b16-11-. The molecule has 5 heteroatoms. The number of hydrogen-bond acceptors (Lipinski definition) is 4. The fourth-order valence-corrected chi connectivity index (χ4v) is 2.29. The minimum absolute atomic E-state index is 0.112. The second-order valence-electron chi connectivity index (χ2n) is 5.18. The molecule has 5 nitrogen and oxygen atoms in total. The number of methoxy groups -OCH3 is 2. The molecule has 0 atom stereocenters. The number of carbonyl (C=O) groups is 2. The normalized spacial score (nSPS) is 11.0. The molecular weight excluding hydrogens is 308 g/mol. The molecule has 2 aromatic rings. The van der Waals surface area contributed by atoms with Gasteiger partial charge in [-0.05, 0) is 42.8 Å². The third kappa shape index (κ3) is 3.81. The number of carboxylic acids is 1. The Labute approximate surface area is 140 Å². The van der Waals surface area contributed by atoms with Gasteiger partial charge < -0.3 is 14.6 Å². The lowest BCUT2D eigenvalue weighted by molar-refractivity contribution is -0.130. The maximum atomic E-state index is 11.7. The van der Waals surface area contributed by atoms with E-state index in [9.17, 15) is 14.7 Å². The summed E-state index contributed by atoms with van der Waals surface area (Å²) in [6.07, 6.45) is 1.54. The summed E-state index contributed by atoms with van der Waals surface area (Å²) in [4.78, 5) is 23.2. The summed E-state index contributed by atoms with van der Waals surface area (Å²) in [5.41, 5.74) is 2.60. The van der Waals surface area contributed by atoms with Crippen LogP contribution in [0.3, 0.4) is 0 Å². The summed E-state index contributed by atoms with van der Waals surface area (Å²) < 4.78 is 9.91. The summed E-state index contributed by atoms with van der Waals surface area (Å²) in [7, 11) is 2.81. The first-order valence-corrected chi connectivity index (χ1v) is 7.24. The van der Waals surface area contributed by atoms with Crippen LogP contribution >= 0.6 is 0 Å². The predicted molar refractivity (Wildman–Crippen MR) is 91.0 cm³/mol. The fourth-order valence-electron chi connectivity index (χ4n) is 2.29. The van der Waals surface area contributed by atoms with Gasteiger partial charge in [0.15, 0.2) is 0 Å². The number of ether oxygens (including phenoxy) is 2. The lowest BCUT2D eigenvalue weighted by Gasteiger charge is -2.10. The van der Waals surface area contributed by atoms with Gasteiger partial charge in [0, 0.05) is 5.56 Å². The van der Waals surface area contributed by atoms with Crippen LogP contribution in [0.15, 0.2) is 42.5 Å². The summed E-state index contributed by atoms with van der Waals surface area (Å²) in [6.45, 7) is 1.88. The minimum atomic E-state index is -1.06. The van der Waals surface area contributed by atoms with E-state index in [0.717, 1.165) is 5.56 Å². The summed E-state index contributed by atoms with van der Waals surface area (Å²) >= 11 is 0. The number of carboxylic acid groups (broad SMARTS) is 1. The quantitative estimate of drug-likeness (QED) is 0.518. The van der Waals surface area contributed by atoms with Crippen LogP contribution < -0.4 is 4.74 Å². The molecule has 0 saturated carbocycles. The number of rotatable bonds is 5. The van der Waals surface area contributed by atoms with E-state index in [1.807, 2.05) is 13.0 Å². The first-order chi connectivity index (χ1) is 11.5. The Morgan fingerprint density at radius 1 is 1.04 bits per heavy atom. The third-order valence-electron chi connectivity index (χ3n) is 3.52. The van der Waals surface area contributed by atoms with Gasteiger partial charge in [-0.1, -0.05) is 23.8 Å². The van der Waals surface area contributed by atoms with Crippen molar-refractivity contribution >= 4 is 23.6 Å². The largest absolute Gasteiger partial charge is 0.496 e. The Hall–Kier alpha value is -3.08. The topological polar surface area (TPSA) is 72.8 Å². The Balaban J connectivity index is 2.48. The number of hydrogen-bond donors (Lipinski definition) is 1.